The van der Waals surface area contributed by atoms with Gasteiger partial charge in [0.25, 0.3) is 5.91 Å². The number of hydrogen-bond acceptors (Lipinski definition) is 3. The van der Waals surface area contributed by atoms with Crippen LogP contribution in [0.5, 0.6) is 0 Å². The second-order valence-corrected chi connectivity index (χ2v) is 7.73. The highest BCUT2D eigenvalue weighted by Crippen LogP contribution is 2.28. The van der Waals surface area contributed by atoms with Gasteiger partial charge in [-0.25, -0.2) is 4.98 Å². The molecule has 0 saturated carbocycles. The number of nitrogens with zero attached hydrogens (tertiary/aromatic N) is 2. The number of carbonyl (C=O) groups is 1. The summed E-state index contributed by atoms with van der Waals surface area (Å²) < 4.78 is 1.93. The number of imidazole rings is 1. The predicted molar refractivity (Wildman–Crippen MR) is 114 cm³/mol. The second kappa shape index (κ2) is 8.01. The third kappa shape index (κ3) is 4.08. The highest BCUT2D eigenvalue weighted by Gasteiger charge is 2.15. The molecule has 0 spiro atoms. The van der Waals surface area contributed by atoms with Crippen LogP contribution in [0, 0.1) is 20.8 Å². The standard InChI is InChI=1S/C22H25N3OS/c1-14-9-16(3)19(10-15(14)2)20-12-23-22(25(20)4)24-21(26)18-8-6-7-17(11-18)13-27-5/h6-12H,13H2,1-5H3,(H,23,24,26). The average Bonchev–Trinajstić information content (AvgIpc) is 2.99. The number of amides is 1. The Kier molecular flexibility index (Phi) is 5.71. The molecule has 0 fully saturated rings. The Morgan fingerprint density at radius 1 is 1.11 bits per heavy atom. The minimum atomic E-state index is -0.144. The lowest BCUT2D eigenvalue weighted by atomic mass is 9.99. The van der Waals surface area contributed by atoms with E-state index in [0.717, 1.165) is 22.6 Å². The number of nitrogens with one attached hydrogen (secondary N) is 1. The van der Waals surface area contributed by atoms with Crippen LogP contribution in [0.15, 0.2) is 42.6 Å². The minimum absolute atomic E-state index is 0.144. The van der Waals surface area contributed by atoms with E-state index in [1.165, 1.54) is 16.7 Å². The van der Waals surface area contributed by atoms with Gasteiger partial charge in [0.2, 0.25) is 5.95 Å². The number of anilines is 1. The highest BCUT2D eigenvalue weighted by atomic mass is 32.2. The number of aryl methyl sites for hydroxylation is 3. The van der Waals surface area contributed by atoms with Gasteiger partial charge in [0.05, 0.1) is 11.9 Å². The normalized spacial score (nSPS) is 10.9. The van der Waals surface area contributed by atoms with Gasteiger partial charge in [-0.2, -0.15) is 11.8 Å². The molecule has 1 aromatic heterocycles. The van der Waals surface area contributed by atoms with Crippen molar-refractivity contribution >= 4 is 23.6 Å². The van der Waals surface area contributed by atoms with Crippen molar-refractivity contribution in [1.82, 2.24) is 9.55 Å². The average molecular weight is 380 g/mol. The SMILES string of the molecule is CSCc1cccc(C(=O)Nc2ncc(-c3cc(C)c(C)cc3C)n2C)c1. The Balaban J connectivity index is 1.87. The van der Waals surface area contributed by atoms with E-state index < -0.39 is 0 Å². The molecule has 2 aromatic carbocycles. The molecule has 0 aliphatic carbocycles. The fraction of sp³-hybridized carbons (Fsp3) is 0.273. The molecule has 3 aromatic rings. The molecule has 0 bridgehead atoms. The fourth-order valence-corrected chi connectivity index (χ4v) is 3.67. The molecule has 1 amide bonds. The summed E-state index contributed by atoms with van der Waals surface area (Å²) >= 11 is 1.74. The molecule has 140 valence electrons. The third-order valence-corrected chi connectivity index (χ3v) is 5.45. The van der Waals surface area contributed by atoms with Gasteiger partial charge < -0.3 is 4.57 Å². The molecule has 0 unspecified atom stereocenters. The molecule has 4 nitrogen and oxygen atoms in total. The zero-order chi connectivity index (χ0) is 19.6. The van der Waals surface area contributed by atoms with Crippen LogP contribution in [-0.2, 0) is 12.8 Å². The van der Waals surface area contributed by atoms with Gasteiger partial charge in [0.15, 0.2) is 0 Å². The van der Waals surface area contributed by atoms with Crippen molar-refractivity contribution in [3.05, 3.63) is 70.4 Å². The van der Waals surface area contributed by atoms with Gasteiger partial charge >= 0.3 is 0 Å². The molecule has 5 heteroatoms. The Labute approximate surface area is 165 Å². The Hall–Kier alpha value is -2.53. The summed E-state index contributed by atoms with van der Waals surface area (Å²) in [5.74, 6) is 1.29. The van der Waals surface area contributed by atoms with E-state index >= 15 is 0 Å². The number of hydrogen-bond donors (Lipinski definition) is 1. The zero-order valence-corrected chi connectivity index (χ0v) is 17.3. The van der Waals surface area contributed by atoms with Crippen molar-refractivity contribution in [3.63, 3.8) is 0 Å². The van der Waals surface area contributed by atoms with E-state index in [1.54, 1.807) is 11.8 Å². The topological polar surface area (TPSA) is 46.9 Å². The van der Waals surface area contributed by atoms with Crippen LogP contribution in [0.1, 0.15) is 32.6 Å². The Morgan fingerprint density at radius 3 is 2.59 bits per heavy atom. The van der Waals surface area contributed by atoms with Gasteiger partial charge in [-0.15, -0.1) is 0 Å². The summed E-state index contributed by atoms with van der Waals surface area (Å²) in [4.78, 5) is 17.1. The van der Waals surface area contributed by atoms with Crippen molar-refractivity contribution in [3.8, 4) is 11.3 Å². The summed E-state index contributed by atoms with van der Waals surface area (Å²) in [6.07, 6.45) is 3.87. The van der Waals surface area contributed by atoms with Crippen molar-refractivity contribution < 1.29 is 4.79 Å². The predicted octanol–water partition coefficient (Wildman–Crippen LogP) is 5.13. The van der Waals surface area contributed by atoms with E-state index in [1.807, 2.05) is 42.1 Å². The Morgan fingerprint density at radius 2 is 1.85 bits per heavy atom. The summed E-state index contributed by atoms with van der Waals surface area (Å²) in [6, 6.07) is 12.1. The van der Waals surface area contributed by atoms with Crippen LogP contribution in [0.25, 0.3) is 11.3 Å². The molecular weight excluding hydrogens is 354 g/mol. The second-order valence-electron chi connectivity index (χ2n) is 6.86. The van der Waals surface area contributed by atoms with E-state index in [0.29, 0.717) is 11.5 Å². The highest BCUT2D eigenvalue weighted by molar-refractivity contribution is 7.97. The summed E-state index contributed by atoms with van der Waals surface area (Å²) in [6.45, 7) is 6.33. The maximum Gasteiger partial charge on any atom is 0.257 e. The monoisotopic (exact) mass is 379 g/mol. The molecule has 0 atom stereocenters. The molecule has 1 N–H and O–H groups in total. The summed E-state index contributed by atoms with van der Waals surface area (Å²) in [7, 11) is 1.93. The van der Waals surface area contributed by atoms with Crippen LogP contribution in [0.2, 0.25) is 0 Å². The summed E-state index contributed by atoms with van der Waals surface area (Å²) in [5, 5.41) is 2.94. The molecule has 0 aliphatic heterocycles. The third-order valence-electron chi connectivity index (χ3n) is 4.83. The van der Waals surface area contributed by atoms with Crippen LogP contribution < -0.4 is 5.32 Å². The lowest BCUT2D eigenvalue weighted by molar-refractivity contribution is 0.102. The number of benzene rings is 2. The van der Waals surface area contributed by atoms with Gasteiger partial charge in [-0.3, -0.25) is 10.1 Å². The van der Waals surface area contributed by atoms with E-state index in [-0.39, 0.29) is 5.91 Å². The van der Waals surface area contributed by atoms with E-state index in [4.69, 9.17) is 0 Å². The molecule has 0 saturated heterocycles. The van der Waals surface area contributed by atoms with Crippen LogP contribution in [-0.4, -0.2) is 21.7 Å². The lowest BCUT2D eigenvalue weighted by Crippen LogP contribution is -2.15. The molecule has 3 rings (SSSR count). The molecule has 0 aliphatic rings. The number of thioether (sulfide) groups is 1. The van der Waals surface area contributed by atoms with Crippen molar-refractivity contribution in [2.75, 3.05) is 11.6 Å². The van der Waals surface area contributed by atoms with Crippen molar-refractivity contribution in [2.45, 2.75) is 26.5 Å². The smallest absolute Gasteiger partial charge is 0.257 e. The van der Waals surface area contributed by atoms with E-state index in [2.05, 4.69) is 49.5 Å². The first-order chi connectivity index (χ1) is 12.9. The van der Waals surface area contributed by atoms with Gasteiger partial charge in [-0.05, 0) is 67.5 Å². The van der Waals surface area contributed by atoms with Crippen molar-refractivity contribution in [2.24, 2.45) is 7.05 Å². The van der Waals surface area contributed by atoms with Gasteiger partial charge in [0, 0.05) is 23.9 Å². The first-order valence-electron chi connectivity index (χ1n) is 8.90. The van der Waals surface area contributed by atoms with E-state index in [9.17, 15) is 4.79 Å². The maximum absolute atomic E-state index is 12.7. The van der Waals surface area contributed by atoms with Gasteiger partial charge in [-0.1, -0.05) is 18.2 Å². The largest absolute Gasteiger partial charge is 0.313 e. The first-order valence-corrected chi connectivity index (χ1v) is 10.3. The number of aromatic nitrogens is 2. The first kappa shape index (κ1) is 19.2. The molecular formula is C22H25N3OS. The minimum Gasteiger partial charge on any atom is -0.313 e. The lowest BCUT2D eigenvalue weighted by Gasteiger charge is -2.12. The summed E-state index contributed by atoms with van der Waals surface area (Å²) in [5.41, 5.74) is 7.63. The van der Waals surface area contributed by atoms with Crippen LogP contribution >= 0.6 is 11.8 Å². The fourth-order valence-electron chi connectivity index (χ4n) is 3.16. The number of rotatable bonds is 5. The Bertz CT molecular complexity index is 991. The van der Waals surface area contributed by atoms with Crippen molar-refractivity contribution in [1.29, 1.82) is 0 Å². The molecule has 27 heavy (non-hydrogen) atoms. The van der Waals surface area contributed by atoms with Gasteiger partial charge in [0.1, 0.15) is 0 Å². The zero-order valence-electron chi connectivity index (χ0n) is 16.5. The number of carbonyl (C=O) groups excluding carboxylic acids is 1. The quantitative estimate of drug-likeness (QED) is 0.669. The molecule has 1 heterocycles. The molecule has 0 radical (unpaired) electrons. The van der Waals surface area contributed by atoms with Crippen LogP contribution in [0.4, 0.5) is 5.95 Å². The van der Waals surface area contributed by atoms with Crippen LogP contribution in [0.3, 0.4) is 0 Å². The maximum atomic E-state index is 12.7.